The molecule has 0 saturated carbocycles. The fraction of sp³-hybridized carbons (Fsp3) is 0.215. The maximum atomic E-state index is 13.6. The zero-order valence-corrected chi connectivity index (χ0v) is 57.1. The van der Waals surface area contributed by atoms with Crippen LogP contribution >= 0.6 is 47.2 Å². The van der Waals surface area contributed by atoms with Crippen molar-refractivity contribution in [3.8, 4) is 22.5 Å². The van der Waals surface area contributed by atoms with Crippen LogP contribution in [0, 0.1) is 7.43 Å². The molecule has 2 saturated heterocycles. The average molecular weight is 1500 g/mol. The third kappa shape index (κ3) is 17.3. The van der Waals surface area contributed by atoms with Crippen LogP contribution < -0.4 is 21.7 Å². The number of carbonyl (C=O) groups is 2. The largest absolute Gasteiger partial charge is 0.358 e. The Labute approximate surface area is 560 Å². The quantitative estimate of drug-likeness (QED) is 0.0586. The van der Waals surface area contributed by atoms with Gasteiger partial charge in [-0.05, 0) is 122 Å². The molecule has 90 heavy (non-hydrogen) atoms. The average Bonchev–Trinajstić information content (AvgIpc) is 1.65. The number of halogens is 4. The number of amides is 2. The maximum absolute atomic E-state index is 13.6. The van der Waals surface area contributed by atoms with Gasteiger partial charge in [-0.1, -0.05) is 120 Å². The van der Waals surface area contributed by atoms with E-state index in [-0.39, 0.29) is 78.9 Å². The fourth-order valence-corrected chi connectivity index (χ4v) is 13.8. The summed E-state index contributed by atoms with van der Waals surface area (Å²) in [5.74, 6) is 0.337. The number of hydrogen-bond donors (Lipinski definition) is 4. The molecule has 10 aromatic rings. The minimum Gasteiger partial charge on any atom is -0.358 e. The van der Waals surface area contributed by atoms with Gasteiger partial charge in [-0.15, -0.1) is 12.4 Å². The van der Waals surface area contributed by atoms with Crippen LogP contribution in [0.15, 0.2) is 192 Å². The minimum absolute atomic E-state index is 0. The minimum atomic E-state index is -3.84. The Morgan fingerprint density at radius 1 is 0.544 bits per heavy atom. The topological polar surface area (TPSA) is 232 Å². The Morgan fingerprint density at radius 3 is 1.37 bits per heavy atom. The number of nitrogens with one attached hydrogen (secondary N) is 3. The van der Waals surface area contributed by atoms with Gasteiger partial charge in [0.25, 0.3) is 20.0 Å². The summed E-state index contributed by atoms with van der Waals surface area (Å²) in [6, 6.07) is 47.6. The summed E-state index contributed by atoms with van der Waals surface area (Å²) in [5, 5.41) is 11.1. The Morgan fingerprint density at radius 2 is 0.933 bits per heavy atom. The van der Waals surface area contributed by atoms with E-state index in [9.17, 15) is 26.4 Å². The van der Waals surface area contributed by atoms with Crippen molar-refractivity contribution in [2.24, 2.45) is 5.73 Å². The van der Waals surface area contributed by atoms with Crippen LogP contribution in [0.25, 0.3) is 44.3 Å². The van der Waals surface area contributed by atoms with E-state index in [2.05, 4.69) is 52.8 Å². The Bertz CT molecular complexity index is 4290. The summed E-state index contributed by atoms with van der Waals surface area (Å²) < 4.78 is 55.9. The molecule has 4 aromatic heterocycles. The third-order valence-corrected chi connectivity index (χ3v) is 19.0. The first-order chi connectivity index (χ1) is 41.9. The van der Waals surface area contributed by atoms with E-state index in [0.717, 1.165) is 81.7 Å². The van der Waals surface area contributed by atoms with Gasteiger partial charge >= 0.3 is 0 Å². The molecule has 2 amide bonds. The molecule has 0 unspecified atom stereocenters. The molecule has 470 valence electrons. The van der Waals surface area contributed by atoms with Gasteiger partial charge in [-0.25, -0.2) is 44.7 Å². The summed E-state index contributed by atoms with van der Waals surface area (Å²) in [5.41, 5.74) is 13.1. The van der Waals surface area contributed by atoms with Gasteiger partial charge in [0.1, 0.15) is 0 Å². The molecule has 0 bridgehead atoms. The van der Waals surface area contributed by atoms with Crippen LogP contribution in [-0.4, -0.2) is 105 Å². The molecule has 6 aromatic carbocycles. The van der Waals surface area contributed by atoms with Crippen LogP contribution in [0.3, 0.4) is 0 Å². The van der Waals surface area contributed by atoms with Crippen molar-refractivity contribution in [2.75, 3.05) is 42.1 Å². The van der Waals surface area contributed by atoms with Gasteiger partial charge in [0.2, 0.25) is 23.0 Å². The third-order valence-electron chi connectivity index (χ3n) is 14.8. The van der Waals surface area contributed by atoms with E-state index in [1.165, 1.54) is 45.3 Å². The van der Waals surface area contributed by atoms with Gasteiger partial charge in [-0.3, -0.25) is 19.4 Å². The SMILES string of the molecule is CC(=O)Nc1ccc(CN2CCC(N)CC2)cc1.CC(=O)Nc1ccc(CN2CCC(Nc3ncc(Cl)c(-c4cn(S(=O)(=O)c5ccccc5)c5ccccc45)n3)CC2)cc1.Cl.O=S(=O)(c1ccccc1)n1cc(-c2nc(Cl)ncc2Cl)c2ccccc21.[CH3-].[W]. The predicted molar refractivity (Wildman–Crippen MR) is 359 cm³/mol. The smallest absolute Gasteiger partial charge is 0.268 e. The molecular weight excluding hydrogens is 1430 g/mol. The number of fused-ring (bicyclic) bond motifs is 2. The van der Waals surface area contributed by atoms with E-state index < -0.39 is 20.0 Å². The molecule has 6 heterocycles. The molecule has 2 aliphatic rings. The van der Waals surface area contributed by atoms with Crippen molar-refractivity contribution in [1.29, 1.82) is 0 Å². The van der Waals surface area contributed by atoms with Crippen LogP contribution in [0.5, 0.6) is 0 Å². The summed E-state index contributed by atoms with van der Waals surface area (Å²) >= 11 is 18.7. The second-order valence-electron chi connectivity index (χ2n) is 21.1. The number of piperidine rings is 2. The number of carbonyl (C=O) groups excluding carboxylic acids is 2. The van der Waals surface area contributed by atoms with Crippen molar-refractivity contribution in [2.45, 2.75) is 74.5 Å². The number of anilines is 3. The summed E-state index contributed by atoms with van der Waals surface area (Å²) in [6.45, 7) is 8.80. The molecule has 18 nitrogen and oxygen atoms in total. The number of nitrogens with two attached hydrogens (primary N) is 1. The number of benzene rings is 6. The molecule has 25 heteroatoms. The van der Waals surface area contributed by atoms with Crippen molar-refractivity contribution >= 4 is 118 Å². The van der Waals surface area contributed by atoms with Gasteiger partial charge in [0, 0.05) is 119 Å². The maximum Gasteiger partial charge on any atom is 0.268 e. The van der Waals surface area contributed by atoms with Crippen molar-refractivity contribution in [1.82, 2.24) is 37.7 Å². The van der Waals surface area contributed by atoms with E-state index in [0.29, 0.717) is 55.9 Å². The summed E-state index contributed by atoms with van der Waals surface area (Å²) in [7, 11) is -7.62. The molecule has 2 fully saturated rings. The molecule has 0 spiro atoms. The van der Waals surface area contributed by atoms with Crippen LogP contribution in [0.2, 0.25) is 15.3 Å². The van der Waals surface area contributed by atoms with Crippen LogP contribution in [0.1, 0.15) is 50.7 Å². The van der Waals surface area contributed by atoms with E-state index in [4.69, 9.17) is 45.5 Å². The molecule has 5 N–H and O–H groups in total. The number of para-hydroxylation sites is 2. The van der Waals surface area contributed by atoms with Crippen LogP contribution in [0.4, 0.5) is 17.3 Å². The Kier molecular flexibility index (Phi) is 24.9. The van der Waals surface area contributed by atoms with Crippen molar-refractivity contribution in [3.05, 3.63) is 216 Å². The van der Waals surface area contributed by atoms with E-state index >= 15 is 0 Å². The normalized spacial score (nSPS) is 13.9. The molecule has 0 radical (unpaired) electrons. The van der Waals surface area contributed by atoms with Crippen molar-refractivity contribution < 1.29 is 47.5 Å². The monoisotopic (exact) mass is 1500 g/mol. The number of likely N-dealkylation sites (tertiary alicyclic amines) is 2. The van der Waals surface area contributed by atoms with Crippen molar-refractivity contribution in [3.63, 3.8) is 0 Å². The molecule has 12 rings (SSSR count). The number of aromatic nitrogens is 6. The van der Waals surface area contributed by atoms with E-state index in [1.54, 1.807) is 91.3 Å². The number of hydrogen-bond acceptors (Lipinski definition) is 14. The predicted octanol–water partition coefficient (Wildman–Crippen LogP) is 13.1. The zero-order valence-electron chi connectivity index (χ0n) is 49.4. The van der Waals surface area contributed by atoms with Crippen LogP contribution in [-0.2, 0) is 63.8 Å². The molecular formula is C65H67Cl4N12O6S2W-. The van der Waals surface area contributed by atoms with Gasteiger partial charge in [-0.2, -0.15) is 0 Å². The molecule has 2 aliphatic heterocycles. The number of nitrogens with zero attached hydrogens (tertiary/aromatic N) is 8. The zero-order chi connectivity index (χ0) is 61.2. The first-order valence-corrected chi connectivity index (χ1v) is 32.1. The second kappa shape index (κ2) is 31.8. The summed E-state index contributed by atoms with van der Waals surface area (Å²) in [4.78, 5) is 44.6. The number of rotatable bonds is 14. The summed E-state index contributed by atoms with van der Waals surface area (Å²) in [6.07, 6.45) is 10.1. The van der Waals surface area contributed by atoms with Gasteiger partial charge in [0.05, 0.1) is 54.7 Å². The van der Waals surface area contributed by atoms with Gasteiger partial charge < -0.3 is 29.1 Å². The van der Waals surface area contributed by atoms with E-state index in [1.807, 2.05) is 66.7 Å². The second-order valence-corrected chi connectivity index (χ2v) is 25.9. The Hall–Kier alpha value is -7.07. The molecule has 0 aliphatic carbocycles. The van der Waals surface area contributed by atoms with Gasteiger partial charge in [0.15, 0.2) is 0 Å². The molecule has 0 atom stereocenters. The fourth-order valence-electron chi connectivity index (χ4n) is 10.5. The first kappa shape index (κ1) is 70.4. The first-order valence-electron chi connectivity index (χ1n) is 28.1. The standard InChI is InChI=1S/C32H31ClN6O3S.C18H11Cl2N3O2S.C14H21N3O.CH3.ClH.W/c1-22(40)35-24-13-11-23(12-14-24)20-38-17-15-25(16-18-38)36-32-34-19-29(33)31(37-32)28-21-39(30-10-6-5-9-27(28)30)43(41,42)26-7-3-2-4-8-26;19-15-10-21-18(20)22-17(15)14-11-23(16-9-5-4-8-13(14)16)26(24,25)12-6-2-1-3-7-12;1-11(18)16-14-4-2-12(3-5-14)10-17-8-6-13(15)7-9-17;;;/h2-14,19,21,25H,15-18,20H2,1H3,(H,35,40)(H,34,36,37);1-11H;2-5,13H,6-10,15H2,1H3,(H,16,18);1H3;1H;/q;;;-1;;. The Balaban J connectivity index is 0.000000209.